The van der Waals surface area contributed by atoms with Crippen molar-refractivity contribution < 1.29 is 4.74 Å². The van der Waals surface area contributed by atoms with Crippen LogP contribution in [0.25, 0.3) is 16.4 Å². The third-order valence-electron chi connectivity index (χ3n) is 4.22. The summed E-state index contributed by atoms with van der Waals surface area (Å²) in [5.41, 5.74) is 3.25. The van der Waals surface area contributed by atoms with E-state index >= 15 is 0 Å². The van der Waals surface area contributed by atoms with Gasteiger partial charge >= 0.3 is 0 Å². The average Bonchev–Trinajstić information content (AvgIpc) is 3.17. The molecule has 0 unspecified atom stereocenters. The minimum Gasteiger partial charge on any atom is -0.492 e. The molecule has 0 amide bonds. The van der Waals surface area contributed by atoms with Gasteiger partial charge in [0.15, 0.2) is 0 Å². The van der Waals surface area contributed by atoms with Crippen LogP contribution in [0, 0.1) is 0 Å². The van der Waals surface area contributed by atoms with E-state index in [0.717, 1.165) is 33.0 Å². The Morgan fingerprint density at radius 1 is 1.30 bits per heavy atom. The highest BCUT2D eigenvalue weighted by molar-refractivity contribution is 9.10. The molecule has 2 aromatic heterocycles. The van der Waals surface area contributed by atoms with Crippen LogP contribution in [0.1, 0.15) is 29.3 Å². The number of hydrogen-bond donors (Lipinski definition) is 0. The van der Waals surface area contributed by atoms with Crippen LogP contribution in [0.3, 0.4) is 0 Å². The van der Waals surface area contributed by atoms with Crippen LogP contribution in [0.4, 0.5) is 0 Å². The number of hydrogen-bond acceptors (Lipinski definition) is 5. The lowest BCUT2D eigenvalue weighted by Crippen LogP contribution is -2.01. The molecule has 23 heavy (non-hydrogen) atoms. The standard InChI is InChI=1S/C16H13BrN4OS/c17-10-3-4-11-13(7-10)22-6-5-14-15(11)19-16(23-14)21-12(8-18-20-21)9-1-2-9/h3-4,7-9H,1-2,5-6H2. The molecule has 0 saturated heterocycles. The lowest BCUT2D eigenvalue weighted by Gasteiger charge is -2.07. The number of aromatic nitrogens is 4. The van der Waals surface area contributed by atoms with Gasteiger partial charge in [-0.05, 0) is 31.0 Å². The first-order valence-corrected chi connectivity index (χ1v) is 9.24. The lowest BCUT2D eigenvalue weighted by molar-refractivity contribution is 0.327. The van der Waals surface area contributed by atoms with Crippen molar-refractivity contribution in [3.05, 3.63) is 39.4 Å². The van der Waals surface area contributed by atoms with E-state index < -0.39 is 0 Å². The fourth-order valence-corrected chi connectivity index (χ4v) is 4.29. The maximum Gasteiger partial charge on any atom is 0.212 e. The van der Waals surface area contributed by atoms with Gasteiger partial charge in [-0.25, -0.2) is 4.98 Å². The van der Waals surface area contributed by atoms with Gasteiger partial charge in [0.1, 0.15) is 5.75 Å². The van der Waals surface area contributed by atoms with Crippen molar-refractivity contribution in [2.24, 2.45) is 0 Å². The molecule has 2 aliphatic rings. The zero-order valence-electron chi connectivity index (χ0n) is 12.2. The van der Waals surface area contributed by atoms with Crippen LogP contribution in [0.5, 0.6) is 5.75 Å². The summed E-state index contributed by atoms with van der Waals surface area (Å²) >= 11 is 5.20. The predicted molar refractivity (Wildman–Crippen MR) is 91.3 cm³/mol. The van der Waals surface area contributed by atoms with Crippen molar-refractivity contribution in [1.82, 2.24) is 20.0 Å². The molecule has 1 saturated carbocycles. The van der Waals surface area contributed by atoms with E-state index in [4.69, 9.17) is 9.72 Å². The van der Waals surface area contributed by atoms with Gasteiger partial charge < -0.3 is 4.74 Å². The monoisotopic (exact) mass is 388 g/mol. The molecule has 0 radical (unpaired) electrons. The number of ether oxygens (including phenoxy) is 1. The van der Waals surface area contributed by atoms with Crippen LogP contribution in [0.2, 0.25) is 0 Å². The minimum absolute atomic E-state index is 0.597. The van der Waals surface area contributed by atoms with Gasteiger partial charge in [0.25, 0.3) is 0 Å². The Morgan fingerprint density at radius 2 is 2.22 bits per heavy atom. The number of halogens is 1. The van der Waals surface area contributed by atoms with Crippen molar-refractivity contribution in [1.29, 1.82) is 0 Å². The highest BCUT2D eigenvalue weighted by Gasteiger charge is 2.30. The quantitative estimate of drug-likeness (QED) is 0.666. The van der Waals surface area contributed by atoms with Crippen LogP contribution >= 0.6 is 27.3 Å². The van der Waals surface area contributed by atoms with Gasteiger partial charge in [0.2, 0.25) is 5.13 Å². The Morgan fingerprint density at radius 3 is 3.09 bits per heavy atom. The van der Waals surface area contributed by atoms with E-state index in [2.05, 4.69) is 32.3 Å². The molecule has 3 aromatic rings. The summed E-state index contributed by atoms with van der Waals surface area (Å²) in [6, 6.07) is 6.10. The number of benzene rings is 1. The molecule has 0 spiro atoms. The molecule has 1 aliphatic carbocycles. The second-order valence-electron chi connectivity index (χ2n) is 5.85. The first-order valence-electron chi connectivity index (χ1n) is 7.63. The number of thiazole rings is 1. The summed E-state index contributed by atoms with van der Waals surface area (Å²) in [6.07, 6.45) is 5.19. The summed E-state index contributed by atoms with van der Waals surface area (Å²) in [6.45, 7) is 0.672. The van der Waals surface area contributed by atoms with Gasteiger partial charge in [-0.1, -0.05) is 32.5 Å². The van der Waals surface area contributed by atoms with Crippen molar-refractivity contribution in [2.75, 3.05) is 6.61 Å². The van der Waals surface area contributed by atoms with E-state index in [1.165, 1.54) is 23.4 Å². The Hall–Kier alpha value is -1.73. The summed E-state index contributed by atoms with van der Waals surface area (Å²) in [5, 5.41) is 9.26. The fraction of sp³-hybridized carbons (Fsp3) is 0.312. The van der Waals surface area contributed by atoms with Crippen LogP contribution in [-0.4, -0.2) is 26.6 Å². The lowest BCUT2D eigenvalue weighted by atomic mass is 10.1. The van der Waals surface area contributed by atoms with Crippen LogP contribution in [-0.2, 0) is 6.42 Å². The van der Waals surface area contributed by atoms with Crippen molar-refractivity contribution in [2.45, 2.75) is 25.2 Å². The zero-order valence-corrected chi connectivity index (χ0v) is 14.6. The highest BCUT2D eigenvalue weighted by atomic mass is 79.9. The molecule has 5 rings (SSSR count). The van der Waals surface area contributed by atoms with Crippen molar-refractivity contribution in [3.8, 4) is 22.1 Å². The topological polar surface area (TPSA) is 52.8 Å². The Bertz CT molecular complexity index is 899. The molecule has 116 valence electrons. The Balaban J connectivity index is 1.65. The second-order valence-corrected chi connectivity index (χ2v) is 7.83. The molecular weight excluding hydrogens is 376 g/mol. The van der Waals surface area contributed by atoms with Gasteiger partial charge in [-0.3, -0.25) is 0 Å². The molecule has 0 N–H and O–H groups in total. The fourth-order valence-electron chi connectivity index (χ4n) is 2.92. The van der Waals surface area contributed by atoms with Gasteiger partial charge in [0.05, 0.1) is 24.2 Å². The first kappa shape index (κ1) is 13.7. The van der Waals surface area contributed by atoms with E-state index in [0.29, 0.717) is 12.5 Å². The van der Waals surface area contributed by atoms with E-state index in [-0.39, 0.29) is 0 Å². The summed E-state index contributed by atoms with van der Waals surface area (Å²) < 4.78 is 8.80. The van der Waals surface area contributed by atoms with Crippen LogP contribution < -0.4 is 4.74 Å². The maximum absolute atomic E-state index is 5.87. The Kier molecular flexibility index (Phi) is 3.06. The average molecular weight is 389 g/mol. The minimum atomic E-state index is 0.597. The molecule has 0 bridgehead atoms. The largest absolute Gasteiger partial charge is 0.492 e. The third kappa shape index (κ3) is 2.30. The van der Waals surface area contributed by atoms with E-state index in [9.17, 15) is 0 Å². The van der Waals surface area contributed by atoms with E-state index in [1.54, 1.807) is 11.3 Å². The molecule has 3 heterocycles. The van der Waals surface area contributed by atoms with E-state index in [1.807, 2.05) is 23.0 Å². The molecule has 1 aromatic carbocycles. The van der Waals surface area contributed by atoms with Crippen molar-refractivity contribution in [3.63, 3.8) is 0 Å². The van der Waals surface area contributed by atoms with Crippen LogP contribution in [0.15, 0.2) is 28.9 Å². The van der Waals surface area contributed by atoms with Crippen molar-refractivity contribution >= 4 is 27.3 Å². The summed E-state index contributed by atoms with van der Waals surface area (Å²) in [7, 11) is 0. The molecule has 1 aliphatic heterocycles. The first-order chi connectivity index (χ1) is 11.3. The summed E-state index contributed by atoms with van der Waals surface area (Å²) in [5.74, 6) is 1.48. The second kappa shape index (κ2) is 5.14. The molecule has 0 atom stereocenters. The SMILES string of the molecule is Brc1ccc2c(c1)OCCc1sc(-n3nncc3C3CC3)nc1-2. The smallest absolute Gasteiger partial charge is 0.212 e. The third-order valence-corrected chi connectivity index (χ3v) is 5.81. The zero-order chi connectivity index (χ0) is 15.4. The Labute approximate surface area is 145 Å². The molecule has 1 fully saturated rings. The van der Waals surface area contributed by atoms with Gasteiger partial charge in [0, 0.05) is 27.3 Å². The summed E-state index contributed by atoms with van der Waals surface area (Å²) in [4.78, 5) is 6.13. The maximum atomic E-state index is 5.87. The molecular formula is C16H13BrN4OS. The highest BCUT2D eigenvalue weighted by Crippen LogP contribution is 2.43. The molecule has 5 nitrogen and oxygen atoms in total. The number of rotatable bonds is 2. The van der Waals surface area contributed by atoms with Gasteiger partial charge in [-0.15, -0.1) is 5.10 Å². The normalized spacial score (nSPS) is 16.4. The predicted octanol–water partition coefficient (Wildman–Crippen LogP) is 3.97. The number of fused-ring (bicyclic) bond motifs is 3. The molecule has 7 heteroatoms. The van der Waals surface area contributed by atoms with Gasteiger partial charge in [-0.2, -0.15) is 4.68 Å². The number of nitrogens with zero attached hydrogens (tertiary/aromatic N) is 4.